The normalized spacial score (nSPS) is 17.4. The van der Waals surface area contributed by atoms with Gasteiger partial charge in [0.05, 0.1) is 16.5 Å². The van der Waals surface area contributed by atoms with E-state index in [2.05, 4.69) is 15.9 Å². The zero-order valence-electron chi connectivity index (χ0n) is 11.3. The van der Waals surface area contributed by atoms with Crippen LogP contribution in [0.25, 0.3) is 6.08 Å². The van der Waals surface area contributed by atoms with Crippen molar-refractivity contribution in [3.63, 3.8) is 0 Å². The number of hydrogen-bond acceptors (Lipinski definition) is 4. The van der Waals surface area contributed by atoms with Crippen molar-refractivity contribution in [2.24, 2.45) is 0 Å². The highest BCUT2D eigenvalue weighted by atomic mass is 79.9. The minimum atomic E-state index is -0.234. The highest BCUT2D eigenvalue weighted by Crippen LogP contribution is 2.34. The summed E-state index contributed by atoms with van der Waals surface area (Å²) in [5.41, 5.74) is 0.840. The van der Waals surface area contributed by atoms with Gasteiger partial charge in [0.15, 0.2) is 0 Å². The average molecular weight is 356 g/mol. The summed E-state index contributed by atoms with van der Waals surface area (Å²) in [4.78, 5) is 25.7. The summed E-state index contributed by atoms with van der Waals surface area (Å²) in [7, 11) is 1.59. The fourth-order valence-electron chi connectivity index (χ4n) is 1.85. The number of methoxy groups -OCH3 is 1. The van der Waals surface area contributed by atoms with Gasteiger partial charge in [0.2, 0.25) is 0 Å². The molecule has 2 rings (SSSR count). The summed E-state index contributed by atoms with van der Waals surface area (Å²) in [5.74, 6) is 0.486. The van der Waals surface area contributed by atoms with E-state index in [-0.39, 0.29) is 17.2 Å². The van der Waals surface area contributed by atoms with Crippen LogP contribution in [0.15, 0.2) is 27.6 Å². The van der Waals surface area contributed by atoms with Crippen molar-refractivity contribution in [2.75, 3.05) is 7.11 Å². The molecule has 1 heterocycles. The van der Waals surface area contributed by atoms with Crippen LogP contribution >= 0.6 is 27.7 Å². The number of hydrogen-bond donors (Lipinski definition) is 0. The first-order chi connectivity index (χ1) is 9.43. The molecule has 0 aliphatic carbocycles. The second kappa shape index (κ2) is 6.01. The SMILES string of the molecule is COc1ccc(/C=C2/SC(=O)N(C(C)C)C2=O)cc1Br. The number of amides is 2. The van der Waals surface area contributed by atoms with Crippen LogP contribution in [-0.2, 0) is 4.79 Å². The molecule has 1 saturated heterocycles. The average Bonchev–Trinajstić information content (AvgIpc) is 2.64. The molecule has 1 fully saturated rings. The van der Waals surface area contributed by atoms with Gasteiger partial charge >= 0.3 is 0 Å². The Kier molecular flexibility index (Phi) is 4.55. The predicted molar refractivity (Wildman–Crippen MR) is 83.6 cm³/mol. The van der Waals surface area contributed by atoms with Crippen molar-refractivity contribution in [3.8, 4) is 5.75 Å². The summed E-state index contributed by atoms with van der Waals surface area (Å²) in [6, 6.07) is 5.37. The van der Waals surface area contributed by atoms with Gasteiger partial charge in [0.25, 0.3) is 11.1 Å². The Hall–Kier alpha value is -1.27. The summed E-state index contributed by atoms with van der Waals surface area (Å²) in [6.07, 6.45) is 1.72. The second-order valence-corrected chi connectivity index (χ2v) is 6.39. The van der Waals surface area contributed by atoms with Crippen molar-refractivity contribution >= 4 is 44.9 Å². The molecule has 6 heteroatoms. The summed E-state index contributed by atoms with van der Waals surface area (Å²) < 4.78 is 5.96. The van der Waals surface area contributed by atoms with E-state index < -0.39 is 0 Å². The molecule has 0 unspecified atom stereocenters. The van der Waals surface area contributed by atoms with Crippen LogP contribution in [0.5, 0.6) is 5.75 Å². The number of rotatable bonds is 3. The van der Waals surface area contributed by atoms with Crippen LogP contribution in [0.4, 0.5) is 4.79 Å². The molecule has 0 aromatic heterocycles. The van der Waals surface area contributed by atoms with Crippen molar-refractivity contribution < 1.29 is 14.3 Å². The Balaban J connectivity index is 2.30. The number of carbonyl (C=O) groups excluding carboxylic acids is 2. The first-order valence-electron chi connectivity index (χ1n) is 6.04. The quantitative estimate of drug-likeness (QED) is 0.771. The Labute approximate surface area is 130 Å². The zero-order valence-corrected chi connectivity index (χ0v) is 13.7. The third-order valence-corrected chi connectivity index (χ3v) is 4.32. The standard InChI is InChI=1S/C14H14BrNO3S/c1-8(2)16-13(17)12(20-14(16)18)7-9-4-5-11(19-3)10(15)6-9/h4-8H,1-3H3/b12-7+. The Morgan fingerprint density at radius 3 is 2.55 bits per heavy atom. The molecule has 0 spiro atoms. The van der Waals surface area contributed by atoms with Crippen LogP contribution in [0, 0.1) is 0 Å². The molecule has 106 valence electrons. The smallest absolute Gasteiger partial charge is 0.293 e. The number of imide groups is 1. The van der Waals surface area contributed by atoms with E-state index in [1.165, 1.54) is 4.90 Å². The highest BCUT2D eigenvalue weighted by molar-refractivity contribution is 9.10. The molecule has 1 aromatic carbocycles. The van der Waals surface area contributed by atoms with E-state index in [1.54, 1.807) is 13.2 Å². The molecule has 2 amide bonds. The maximum Gasteiger partial charge on any atom is 0.293 e. The van der Waals surface area contributed by atoms with Gasteiger partial charge in [-0.2, -0.15) is 0 Å². The topological polar surface area (TPSA) is 46.6 Å². The number of thioether (sulfide) groups is 1. The lowest BCUT2D eigenvalue weighted by Gasteiger charge is -2.16. The molecular weight excluding hydrogens is 342 g/mol. The molecule has 1 aliphatic rings. The molecule has 1 aromatic rings. The number of benzene rings is 1. The summed E-state index contributed by atoms with van der Waals surface area (Å²) >= 11 is 4.37. The monoisotopic (exact) mass is 355 g/mol. The Bertz CT molecular complexity index is 598. The van der Waals surface area contributed by atoms with Gasteiger partial charge in [0.1, 0.15) is 5.75 Å². The third kappa shape index (κ3) is 2.91. The number of nitrogens with zero attached hydrogens (tertiary/aromatic N) is 1. The van der Waals surface area contributed by atoms with Gasteiger partial charge in [-0.25, -0.2) is 0 Å². The van der Waals surface area contributed by atoms with Crippen LogP contribution < -0.4 is 4.74 Å². The lowest BCUT2D eigenvalue weighted by atomic mass is 10.2. The second-order valence-electron chi connectivity index (χ2n) is 4.54. The largest absolute Gasteiger partial charge is 0.496 e. The molecular formula is C14H14BrNO3S. The molecule has 0 bridgehead atoms. The lowest BCUT2D eigenvalue weighted by Crippen LogP contribution is -2.34. The molecule has 0 radical (unpaired) electrons. The van der Waals surface area contributed by atoms with Crippen molar-refractivity contribution in [3.05, 3.63) is 33.1 Å². The minimum Gasteiger partial charge on any atom is -0.496 e. The maximum atomic E-state index is 12.1. The van der Waals surface area contributed by atoms with Crippen molar-refractivity contribution in [1.82, 2.24) is 4.90 Å². The van der Waals surface area contributed by atoms with Gasteiger partial charge < -0.3 is 4.74 Å². The van der Waals surface area contributed by atoms with Crippen LogP contribution in [-0.4, -0.2) is 29.2 Å². The van der Waals surface area contributed by atoms with Gasteiger partial charge in [-0.05, 0) is 65.3 Å². The van der Waals surface area contributed by atoms with Gasteiger partial charge in [-0.15, -0.1) is 0 Å². The van der Waals surface area contributed by atoms with Gasteiger partial charge in [-0.3, -0.25) is 14.5 Å². The lowest BCUT2D eigenvalue weighted by molar-refractivity contribution is -0.123. The molecule has 0 saturated carbocycles. The van der Waals surface area contributed by atoms with Crippen molar-refractivity contribution in [1.29, 1.82) is 0 Å². The predicted octanol–water partition coefficient (Wildman–Crippen LogP) is 3.90. The summed E-state index contributed by atoms with van der Waals surface area (Å²) in [6.45, 7) is 3.65. The van der Waals surface area contributed by atoms with E-state index in [4.69, 9.17) is 4.74 Å². The number of halogens is 1. The first kappa shape index (κ1) is 15.1. The molecule has 1 aliphatic heterocycles. The Morgan fingerprint density at radius 1 is 1.35 bits per heavy atom. The molecule has 20 heavy (non-hydrogen) atoms. The van der Waals surface area contributed by atoms with Crippen LogP contribution in [0.2, 0.25) is 0 Å². The van der Waals surface area contributed by atoms with E-state index in [0.717, 1.165) is 27.5 Å². The number of ether oxygens (including phenoxy) is 1. The Morgan fingerprint density at radius 2 is 2.05 bits per heavy atom. The van der Waals surface area contributed by atoms with Gasteiger partial charge in [0, 0.05) is 6.04 Å². The van der Waals surface area contributed by atoms with Gasteiger partial charge in [-0.1, -0.05) is 6.07 Å². The number of carbonyl (C=O) groups is 2. The molecule has 0 atom stereocenters. The zero-order chi connectivity index (χ0) is 14.9. The summed E-state index contributed by atoms with van der Waals surface area (Å²) in [5, 5.41) is -0.219. The maximum absolute atomic E-state index is 12.1. The van der Waals surface area contributed by atoms with Crippen molar-refractivity contribution in [2.45, 2.75) is 19.9 Å². The van der Waals surface area contributed by atoms with E-state index in [1.807, 2.05) is 32.0 Å². The van der Waals surface area contributed by atoms with Crippen LogP contribution in [0.1, 0.15) is 19.4 Å². The highest BCUT2D eigenvalue weighted by Gasteiger charge is 2.36. The minimum absolute atomic E-state index is 0.129. The fourth-order valence-corrected chi connectivity index (χ4v) is 3.37. The van der Waals surface area contributed by atoms with E-state index >= 15 is 0 Å². The van der Waals surface area contributed by atoms with E-state index in [9.17, 15) is 9.59 Å². The molecule has 4 nitrogen and oxygen atoms in total. The fraction of sp³-hybridized carbons (Fsp3) is 0.286. The van der Waals surface area contributed by atoms with E-state index in [0.29, 0.717) is 4.91 Å². The molecule has 0 N–H and O–H groups in total. The first-order valence-corrected chi connectivity index (χ1v) is 7.65. The van der Waals surface area contributed by atoms with Crippen LogP contribution in [0.3, 0.4) is 0 Å². The third-order valence-electron chi connectivity index (χ3n) is 2.81.